The molecule has 0 spiro atoms. The average molecular weight is 453 g/mol. The molecule has 1 atom stereocenters. The number of nitrogens with one attached hydrogen (secondary N) is 1. The number of para-hydroxylation sites is 1. The molecular formula is C24H25ClN4O3. The number of morpholine rings is 1. The van der Waals surface area contributed by atoms with Crippen LogP contribution < -0.4 is 5.32 Å². The first-order valence-electron chi connectivity index (χ1n) is 10.6. The zero-order chi connectivity index (χ0) is 22.5. The molecule has 7 nitrogen and oxygen atoms in total. The summed E-state index contributed by atoms with van der Waals surface area (Å²) in [6, 6.07) is 16.5. The summed E-state index contributed by atoms with van der Waals surface area (Å²) in [6.07, 6.45) is 1.96. The topological polar surface area (TPSA) is 76.5 Å². The Morgan fingerprint density at radius 3 is 2.47 bits per heavy atom. The Morgan fingerprint density at radius 1 is 1.09 bits per heavy atom. The molecule has 1 saturated heterocycles. The van der Waals surface area contributed by atoms with Crippen molar-refractivity contribution in [2.75, 3.05) is 26.3 Å². The molecule has 0 radical (unpaired) electrons. The fourth-order valence-corrected chi connectivity index (χ4v) is 3.81. The Balaban J connectivity index is 1.53. The number of hydrogen-bond donors (Lipinski definition) is 1. The summed E-state index contributed by atoms with van der Waals surface area (Å²) in [5.74, 6) is -0.332. The fourth-order valence-electron chi connectivity index (χ4n) is 3.69. The minimum Gasteiger partial charge on any atom is -0.378 e. The lowest BCUT2D eigenvalue weighted by Crippen LogP contribution is -2.50. The minimum atomic E-state index is -0.608. The maximum Gasteiger partial charge on any atom is 0.245 e. The monoisotopic (exact) mass is 452 g/mol. The van der Waals surface area contributed by atoms with Gasteiger partial charge in [0.2, 0.25) is 11.8 Å². The molecule has 2 heterocycles. The van der Waals surface area contributed by atoms with Gasteiger partial charge < -0.3 is 15.0 Å². The highest BCUT2D eigenvalue weighted by Gasteiger charge is 2.24. The van der Waals surface area contributed by atoms with E-state index in [1.165, 1.54) is 0 Å². The second kappa shape index (κ2) is 9.97. The van der Waals surface area contributed by atoms with Crippen LogP contribution in [-0.2, 0) is 20.7 Å². The number of amides is 2. The predicted molar refractivity (Wildman–Crippen MR) is 123 cm³/mol. The molecule has 1 N–H and O–H groups in total. The molecule has 166 valence electrons. The van der Waals surface area contributed by atoms with Crippen molar-refractivity contribution in [2.45, 2.75) is 19.4 Å². The average Bonchev–Trinajstić information content (AvgIpc) is 3.23. The van der Waals surface area contributed by atoms with E-state index in [0.717, 1.165) is 16.8 Å². The maximum absolute atomic E-state index is 12.8. The van der Waals surface area contributed by atoms with Gasteiger partial charge in [-0.3, -0.25) is 9.59 Å². The number of halogens is 1. The maximum atomic E-state index is 12.8. The van der Waals surface area contributed by atoms with Crippen molar-refractivity contribution >= 4 is 23.4 Å². The van der Waals surface area contributed by atoms with E-state index in [2.05, 4.69) is 5.32 Å². The Labute approximate surface area is 191 Å². The third-order valence-electron chi connectivity index (χ3n) is 5.35. The summed E-state index contributed by atoms with van der Waals surface area (Å²) in [6.45, 7) is 3.85. The first-order chi connectivity index (χ1) is 15.5. The number of benzene rings is 2. The van der Waals surface area contributed by atoms with Crippen LogP contribution in [0.1, 0.15) is 12.5 Å². The van der Waals surface area contributed by atoms with Crippen molar-refractivity contribution in [1.29, 1.82) is 0 Å². The van der Waals surface area contributed by atoms with Gasteiger partial charge in [-0.05, 0) is 31.2 Å². The van der Waals surface area contributed by atoms with Gasteiger partial charge in [0.25, 0.3) is 0 Å². The molecule has 2 amide bonds. The number of hydrogen-bond acceptors (Lipinski definition) is 4. The van der Waals surface area contributed by atoms with E-state index in [9.17, 15) is 9.59 Å². The number of nitrogens with zero attached hydrogens (tertiary/aromatic N) is 3. The van der Waals surface area contributed by atoms with E-state index in [-0.39, 0.29) is 18.2 Å². The van der Waals surface area contributed by atoms with Crippen LogP contribution in [0.25, 0.3) is 16.9 Å². The van der Waals surface area contributed by atoms with Crippen LogP contribution >= 0.6 is 11.6 Å². The van der Waals surface area contributed by atoms with Crippen LogP contribution in [0.3, 0.4) is 0 Å². The highest BCUT2D eigenvalue weighted by atomic mass is 35.5. The fraction of sp³-hybridized carbons (Fsp3) is 0.292. The number of carbonyl (C=O) groups excluding carboxylic acids is 2. The van der Waals surface area contributed by atoms with Gasteiger partial charge in [0, 0.05) is 35.4 Å². The van der Waals surface area contributed by atoms with Crippen molar-refractivity contribution in [3.05, 3.63) is 71.4 Å². The molecule has 1 aromatic heterocycles. The second-order valence-electron chi connectivity index (χ2n) is 7.69. The van der Waals surface area contributed by atoms with Gasteiger partial charge in [-0.1, -0.05) is 41.9 Å². The quantitative estimate of drug-likeness (QED) is 0.623. The third kappa shape index (κ3) is 5.18. The minimum absolute atomic E-state index is 0.0976. The Morgan fingerprint density at radius 2 is 1.78 bits per heavy atom. The first kappa shape index (κ1) is 22.0. The standard InChI is InChI=1S/C24H25ClN4O3/c1-17(24(31)28-11-13-32-14-12-28)26-22(30)15-19-16-29(21-5-3-2-4-6-21)27-23(19)18-7-9-20(25)10-8-18/h2-10,16-17H,11-15H2,1H3,(H,26,30). The summed E-state index contributed by atoms with van der Waals surface area (Å²) in [4.78, 5) is 27.2. The lowest BCUT2D eigenvalue weighted by Gasteiger charge is -2.29. The molecular weight excluding hydrogens is 428 g/mol. The van der Waals surface area contributed by atoms with Gasteiger partial charge >= 0.3 is 0 Å². The molecule has 2 aromatic carbocycles. The molecule has 0 aliphatic carbocycles. The molecule has 3 aromatic rings. The van der Waals surface area contributed by atoms with Gasteiger partial charge in [0.15, 0.2) is 0 Å². The number of aromatic nitrogens is 2. The number of ether oxygens (including phenoxy) is 1. The van der Waals surface area contributed by atoms with E-state index >= 15 is 0 Å². The number of rotatable bonds is 6. The van der Waals surface area contributed by atoms with E-state index < -0.39 is 6.04 Å². The lowest BCUT2D eigenvalue weighted by molar-refractivity contribution is -0.139. The summed E-state index contributed by atoms with van der Waals surface area (Å²) in [5.41, 5.74) is 3.22. The smallest absolute Gasteiger partial charge is 0.245 e. The molecule has 1 aliphatic heterocycles. The van der Waals surface area contributed by atoms with E-state index in [0.29, 0.717) is 37.0 Å². The van der Waals surface area contributed by atoms with Crippen LogP contribution in [0, 0.1) is 0 Å². The summed E-state index contributed by atoms with van der Waals surface area (Å²) in [7, 11) is 0. The first-order valence-corrected chi connectivity index (χ1v) is 10.9. The summed E-state index contributed by atoms with van der Waals surface area (Å²) >= 11 is 6.04. The van der Waals surface area contributed by atoms with Gasteiger partial charge in [-0.25, -0.2) is 4.68 Å². The van der Waals surface area contributed by atoms with Crippen LogP contribution in [0.5, 0.6) is 0 Å². The summed E-state index contributed by atoms with van der Waals surface area (Å²) in [5, 5.41) is 8.19. The highest BCUT2D eigenvalue weighted by Crippen LogP contribution is 2.25. The second-order valence-corrected chi connectivity index (χ2v) is 8.13. The molecule has 1 unspecified atom stereocenters. The SMILES string of the molecule is CC(NC(=O)Cc1cn(-c2ccccc2)nc1-c1ccc(Cl)cc1)C(=O)N1CCOCC1. The molecule has 0 saturated carbocycles. The Hall–Kier alpha value is -3.16. The van der Waals surface area contributed by atoms with Crippen LogP contribution in [0.15, 0.2) is 60.8 Å². The van der Waals surface area contributed by atoms with Crippen LogP contribution in [0.4, 0.5) is 0 Å². The Bertz CT molecular complexity index is 1080. The van der Waals surface area contributed by atoms with Gasteiger partial charge in [-0.2, -0.15) is 5.10 Å². The van der Waals surface area contributed by atoms with Crippen LogP contribution in [-0.4, -0.2) is 58.8 Å². The third-order valence-corrected chi connectivity index (χ3v) is 5.60. The zero-order valence-electron chi connectivity index (χ0n) is 17.8. The molecule has 4 rings (SSSR count). The Kier molecular flexibility index (Phi) is 6.87. The molecule has 8 heteroatoms. The number of carbonyl (C=O) groups is 2. The van der Waals surface area contributed by atoms with Gasteiger partial charge in [0.1, 0.15) is 6.04 Å². The van der Waals surface area contributed by atoms with Crippen molar-refractivity contribution in [1.82, 2.24) is 20.0 Å². The normalized spacial score (nSPS) is 14.8. The van der Waals surface area contributed by atoms with Crippen molar-refractivity contribution in [2.24, 2.45) is 0 Å². The van der Waals surface area contributed by atoms with Crippen molar-refractivity contribution < 1.29 is 14.3 Å². The highest BCUT2D eigenvalue weighted by molar-refractivity contribution is 6.30. The van der Waals surface area contributed by atoms with E-state index in [1.807, 2.05) is 48.7 Å². The molecule has 32 heavy (non-hydrogen) atoms. The van der Waals surface area contributed by atoms with E-state index in [1.54, 1.807) is 28.6 Å². The predicted octanol–water partition coefficient (Wildman–Crippen LogP) is 3.10. The van der Waals surface area contributed by atoms with Gasteiger partial charge in [0.05, 0.1) is 31.0 Å². The van der Waals surface area contributed by atoms with E-state index in [4.69, 9.17) is 21.4 Å². The largest absolute Gasteiger partial charge is 0.378 e. The summed E-state index contributed by atoms with van der Waals surface area (Å²) < 4.78 is 7.05. The lowest BCUT2D eigenvalue weighted by atomic mass is 10.1. The van der Waals surface area contributed by atoms with Crippen LogP contribution in [0.2, 0.25) is 5.02 Å². The molecule has 0 bridgehead atoms. The van der Waals surface area contributed by atoms with Gasteiger partial charge in [-0.15, -0.1) is 0 Å². The van der Waals surface area contributed by atoms with Crippen molar-refractivity contribution in [3.8, 4) is 16.9 Å². The molecule has 1 fully saturated rings. The van der Waals surface area contributed by atoms with Crippen molar-refractivity contribution in [3.63, 3.8) is 0 Å². The zero-order valence-corrected chi connectivity index (χ0v) is 18.6. The molecule has 1 aliphatic rings.